The molecule has 0 aliphatic carbocycles. The molecule has 0 atom stereocenters. The van der Waals surface area contributed by atoms with Crippen LogP contribution in [-0.2, 0) is 9.84 Å². The number of hydrogen-bond donors (Lipinski definition) is 0. The van der Waals surface area contributed by atoms with Crippen LogP contribution in [-0.4, -0.2) is 21.8 Å². The Balaban J connectivity index is 2.06. The smallest absolute Gasteiger partial charge is 0.175 e. The van der Waals surface area contributed by atoms with Crippen LogP contribution >= 0.6 is 27.3 Å². The Morgan fingerprint density at radius 2 is 1.54 bits per heavy atom. The van der Waals surface area contributed by atoms with E-state index in [1.165, 1.54) is 6.26 Å². The van der Waals surface area contributed by atoms with Crippen molar-refractivity contribution in [2.24, 2.45) is 0 Å². The van der Waals surface area contributed by atoms with E-state index in [4.69, 9.17) is 4.74 Å². The summed E-state index contributed by atoms with van der Waals surface area (Å²) in [5, 5.41) is 2.07. The molecule has 24 heavy (non-hydrogen) atoms. The lowest BCUT2D eigenvalue weighted by atomic mass is 9.99. The summed E-state index contributed by atoms with van der Waals surface area (Å²) in [6.07, 6.45) is 1.21. The van der Waals surface area contributed by atoms with Gasteiger partial charge < -0.3 is 4.74 Å². The Hall–Kier alpha value is -1.63. The van der Waals surface area contributed by atoms with Gasteiger partial charge in [0.15, 0.2) is 9.84 Å². The Kier molecular flexibility index (Phi) is 4.80. The first kappa shape index (κ1) is 17.2. The molecule has 3 aromatic rings. The van der Waals surface area contributed by atoms with Crippen molar-refractivity contribution in [3.05, 3.63) is 57.7 Å². The summed E-state index contributed by atoms with van der Waals surface area (Å²) in [6.45, 7) is 0. The Morgan fingerprint density at radius 1 is 0.958 bits per heavy atom. The molecular formula is C18H15BrO3S2. The quantitative estimate of drug-likeness (QED) is 0.575. The van der Waals surface area contributed by atoms with Gasteiger partial charge in [0.2, 0.25) is 0 Å². The number of ether oxygens (including phenoxy) is 1. The summed E-state index contributed by atoms with van der Waals surface area (Å²) in [7, 11) is -1.54. The highest BCUT2D eigenvalue weighted by Crippen LogP contribution is 2.42. The standard InChI is InChI=1S/C18H15BrO3S2/c1-22-14-7-3-13(4-8-14)17-16(11-23-18(17)19)12-5-9-15(10-6-12)24(2,20)21/h3-11H,1-2H3. The van der Waals surface area contributed by atoms with E-state index in [0.29, 0.717) is 4.90 Å². The minimum Gasteiger partial charge on any atom is -0.497 e. The van der Waals surface area contributed by atoms with Crippen LogP contribution in [0, 0.1) is 0 Å². The van der Waals surface area contributed by atoms with Gasteiger partial charge in [-0.1, -0.05) is 24.3 Å². The molecule has 2 aromatic carbocycles. The van der Waals surface area contributed by atoms with Crippen molar-refractivity contribution in [3.8, 4) is 28.0 Å². The molecule has 0 aliphatic rings. The predicted molar refractivity (Wildman–Crippen MR) is 103 cm³/mol. The van der Waals surface area contributed by atoms with Crippen molar-refractivity contribution in [3.63, 3.8) is 0 Å². The lowest BCUT2D eigenvalue weighted by Crippen LogP contribution is -1.96. The van der Waals surface area contributed by atoms with Crippen molar-refractivity contribution in [2.75, 3.05) is 13.4 Å². The molecule has 6 heteroatoms. The molecule has 3 nitrogen and oxygen atoms in total. The second kappa shape index (κ2) is 6.70. The SMILES string of the molecule is COc1ccc(-c2c(-c3ccc(S(C)(=O)=O)cc3)csc2Br)cc1. The Bertz CT molecular complexity index is 957. The summed E-state index contributed by atoms with van der Waals surface area (Å²) in [5.41, 5.74) is 4.22. The van der Waals surface area contributed by atoms with Gasteiger partial charge >= 0.3 is 0 Å². The summed E-state index contributed by atoms with van der Waals surface area (Å²) in [4.78, 5) is 0.326. The van der Waals surface area contributed by atoms with Gasteiger partial charge in [0.05, 0.1) is 15.8 Å². The van der Waals surface area contributed by atoms with Gasteiger partial charge in [-0.15, -0.1) is 11.3 Å². The topological polar surface area (TPSA) is 43.4 Å². The maximum absolute atomic E-state index is 11.6. The zero-order chi connectivity index (χ0) is 17.3. The molecular weight excluding hydrogens is 408 g/mol. The maximum atomic E-state index is 11.6. The van der Waals surface area contributed by atoms with E-state index in [9.17, 15) is 8.42 Å². The molecule has 0 unspecified atom stereocenters. The Labute approximate surface area is 154 Å². The van der Waals surface area contributed by atoms with Gasteiger partial charge in [-0.2, -0.15) is 0 Å². The van der Waals surface area contributed by atoms with Crippen molar-refractivity contribution in [1.29, 1.82) is 0 Å². The third-order valence-electron chi connectivity index (χ3n) is 3.72. The van der Waals surface area contributed by atoms with Gasteiger partial charge in [-0.25, -0.2) is 8.42 Å². The number of methoxy groups -OCH3 is 1. The molecule has 0 fully saturated rings. The van der Waals surface area contributed by atoms with Crippen LogP contribution in [0.3, 0.4) is 0 Å². The second-order valence-corrected chi connectivity index (χ2v) is 9.54. The predicted octanol–water partition coefficient (Wildman–Crippen LogP) is 5.26. The van der Waals surface area contributed by atoms with E-state index in [1.807, 2.05) is 36.4 Å². The van der Waals surface area contributed by atoms with Gasteiger partial charge in [-0.3, -0.25) is 0 Å². The van der Waals surface area contributed by atoms with Gasteiger partial charge in [-0.05, 0) is 51.3 Å². The number of thiophene rings is 1. The average molecular weight is 423 g/mol. The van der Waals surface area contributed by atoms with Crippen molar-refractivity contribution >= 4 is 37.1 Å². The van der Waals surface area contributed by atoms with Crippen LogP contribution in [0.25, 0.3) is 22.3 Å². The van der Waals surface area contributed by atoms with E-state index < -0.39 is 9.84 Å². The van der Waals surface area contributed by atoms with Crippen molar-refractivity contribution in [2.45, 2.75) is 4.90 Å². The largest absolute Gasteiger partial charge is 0.497 e. The fourth-order valence-electron chi connectivity index (χ4n) is 2.46. The molecule has 0 N–H and O–H groups in total. The van der Waals surface area contributed by atoms with E-state index in [1.54, 1.807) is 30.6 Å². The first-order valence-corrected chi connectivity index (χ1v) is 10.7. The summed E-state index contributed by atoms with van der Waals surface area (Å²) < 4.78 is 29.5. The molecule has 0 aliphatic heterocycles. The van der Waals surface area contributed by atoms with Crippen molar-refractivity contribution < 1.29 is 13.2 Å². The number of halogens is 1. The van der Waals surface area contributed by atoms with Crippen molar-refractivity contribution in [1.82, 2.24) is 0 Å². The lowest BCUT2D eigenvalue weighted by molar-refractivity contribution is 0.415. The number of rotatable bonds is 4. The maximum Gasteiger partial charge on any atom is 0.175 e. The van der Waals surface area contributed by atoms with Crippen LogP contribution in [0.4, 0.5) is 0 Å². The number of sulfone groups is 1. The van der Waals surface area contributed by atoms with Crippen LogP contribution < -0.4 is 4.74 Å². The molecule has 0 spiro atoms. The van der Waals surface area contributed by atoms with Crippen LogP contribution in [0.2, 0.25) is 0 Å². The van der Waals surface area contributed by atoms with Gasteiger partial charge in [0.1, 0.15) is 5.75 Å². The number of hydrogen-bond acceptors (Lipinski definition) is 4. The average Bonchev–Trinajstić information content (AvgIpc) is 2.96. The molecule has 0 bridgehead atoms. The monoisotopic (exact) mass is 422 g/mol. The summed E-state index contributed by atoms with van der Waals surface area (Å²) >= 11 is 5.23. The van der Waals surface area contributed by atoms with Crippen LogP contribution in [0.1, 0.15) is 0 Å². The molecule has 0 radical (unpaired) electrons. The molecule has 1 heterocycles. The lowest BCUT2D eigenvalue weighted by Gasteiger charge is -2.08. The van der Waals surface area contributed by atoms with E-state index >= 15 is 0 Å². The highest BCUT2D eigenvalue weighted by atomic mass is 79.9. The van der Waals surface area contributed by atoms with E-state index in [0.717, 1.165) is 31.8 Å². The summed E-state index contributed by atoms with van der Waals surface area (Å²) in [5.74, 6) is 0.809. The first-order valence-electron chi connectivity index (χ1n) is 7.12. The van der Waals surface area contributed by atoms with Gasteiger partial charge in [0.25, 0.3) is 0 Å². The molecule has 124 valence electrons. The third-order valence-corrected chi connectivity index (χ3v) is 6.57. The van der Waals surface area contributed by atoms with Crippen LogP contribution in [0.5, 0.6) is 5.75 Å². The fraction of sp³-hybridized carbons (Fsp3) is 0.111. The zero-order valence-corrected chi connectivity index (χ0v) is 16.3. The van der Waals surface area contributed by atoms with E-state index in [-0.39, 0.29) is 0 Å². The Morgan fingerprint density at radius 3 is 2.08 bits per heavy atom. The third kappa shape index (κ3) is 3.41. The molecule has 3 rings (SSSR count). The summed E-state index contributed by atoms with van der Waals surface area (Å²) in [6, 6.07) is 14.9. The molecule has 0 saturated carbocycles. The minimum atomic E-state index is -3.19. The molecule has 1 aromatic heterocycles. The van der Waals surface area contributed by atoms with Crippen LogP contribution in [0.15, 0.2) is 62.6 Å². The molecule has 0 amide bonds. The van der Waals surface area contributed by atoms with Gasteiger partial charge in [0, 0.05) is 22.8 Å². The normalized spacial score (nSPS) is 11.5. The minimum absolute atomic E-state index is 0.326. The first-order chi connectivity index (χ1) is 11.4. The molecule has 0 saturated heterocycles. The highest BCUT2D eigenvalue weighted by molar-refractivity contribution is 9.11. The second-order valence-electron chi connectivity index (χ2n) is 5.32. The fourth-order valence-corrected chi connectivity index (χ4v) is 4.63. The van der Waals surface area contributed by atoms with E-state index in [2.05, 4.69) is 21.3 Å². The highest BCUT2D eigenvalue weighted by Gasteiger charge is 2.15. The zero-order valence-electron chi connectivity index (χ0n) is 13.1. The number of benzene rings is 2.